The van der Waals surface area contributed by atoms with Gasteiger partial charge in [-0.05, 0) is 17.1 Å². The first-order valence-corrected chi connectivity index (χ1v) is 16.5. The number of benzene rings is 6. The van der Waals surface area contributed by atoms with Gasteiger partial charge in [-0.1, -0.05) is 82.5 Å². The van der Waals surface area contributed by atoms with Gasteiger partial charge in [0.05, 0.1) is 11.7 Å². The quantitative estimate of drug-likeness (QED) is 0.133. The van der Waals surface area contributed by atoms with Gasteiger partial charge < -0.3 is 5.10 Å². The second kappa shape index (κ2) is 30.9. The molecule has 0 saturated heterocycles. The summed E-state index contributed by atoms with van der Waals surface area (Å²) in [5.41, 5.74) is 3.97. The fourth-order valence-corrected chi connectivity index (χ4v) is 3.84. The van der Waals surface area contributed by atoms with Crippen LogP contribution in [0, 0.1) is 24.3 Å². The monoisotopic (exact) mass is 825 g/mol. The van der Waals surface area contributed by atoms with Gasteiger partial charge >= 0.3 is 0 Å². The van der Waals surface area contributed by atoms with Crippen molar-refractivity contribution in [3.63, 3.8) is 0 Å². The maximum Gasteiger partial charge on any atom is 0.0650 e. The maximum absolute atomic E-state index is 3.88. The zero-order chi connectivity index (χ0) is 35.4. The Hall–Kier alpha value is -3.87. The predicted molar refractivity (Wildman–Crippen MR) is 206 cm³/mol. The molecule has 0 atom stereocenters. The summed E-state index contributed by atoms with van der Waals surface area (Å²) in [6, 6.07) is 55.0. The molecule has 0 fully saturated rings. The van der Waals surface area contributed by atoms with Gasteiger partial charge in [-0.25, -0.2) is 0 Å². The van der Waals surface area contributed by atoms with E-state index in [9.17, 15) is 0 Å². The number of aromatic nitrogens is 7. The number of aromatic amines is 3. The van der Waals surface area contributed by atoms with Crippen molar-refractivity contribution in [3.05, 3.63) is 170 Å². The van der Waals surface area contributed by atoms with Gasteiger partial charge in [0, 0.05) is 82.5 Å². The van der Waals surface area contributed by atoms with Crippen molar-refractivity contribution in [1.82, 2.24) is 35.8 Å². The van der Waals surface area contributed by atoms with Crippen LogP contribution in [0.5, 0.6) is 0 Å². The molecule has 9 rings (SSSR count). The summed E-state index contributed by atoms with van der Waals surface area (Å²) < 4.78 is 0. The summed E-state index contributed by atoms with van der Waals surface area (Å²) in [4.78, 5) is 0. The van der Waals surface area contributed by atoms with Crippen LogP contribution in [0.4, 0.5) is 0 Å². The average Bonchev–Trinajstić information content (AvgIpc) is 4.01. The standard InChI is InChI=1S/C10H7.C7H6N2.C7H5N2.C6H4N3.C6H5.3C2H6.2Y/c1-2-6-10-8-4-3-7-9(10)5-1;2*1-2-4-7-6(3-1)5-8-9-7;1-2-4-6-5(3-1)7-9-8-6;1-2-4-6-5-3-1;3*1-2;;/h1-7H;1-5H,(H,8,9);2-5H,(H,8,9);1,3-4H,(H,7,8,9);1-5H;3*1-2H3;;/q-1;;3*-1;;;;;. The number of rotatable bonds is 0. The largest absolute Gasteiger partial charge is 0.303 e. The average molecular weight is 826 g/mol. The molecule has 0 unspecified atom stereocenters. The fourth-order valence-electron chi connectivity index (χ4n) is 3.84. The van der Waals surface area contributed by atoms with E-state index in [-0.39, 0.29) is 65.4 Å². The topological polar surface area (TPSA) is 98.9 Å². The second-order valence-electron chi connectivity index (χ2n) is 8.93. The van der Waals surface area contributed by atoms with Gasteiger partial charge in [0.15, 0.2) is 0 Å². The Labute approximate surface area is 353 Å². The van der Waals surface area contributed by atoms with Crippen LogP contribution in [0.25, 0.3) is 43.6 Å². The van der Waals surface area contributed by atoms with E-state index in [0.29, 0.717) is 0 Å². The van der Waals surface area contributed by atoms with Gasteiger partial charge in [0.25, 0.3) is 0 Å². The predicted octanol–water partition coefficient (Wildman–Crippen LogP) is 10.9. The Morgan fingerprint density at radius 1 is 0.451 bits per heavy atom. The van der Waals surface area contributed by atoms with Crippen LogP contribution in [0.3, 0.4) is 0 Å². The summed E-state index contributed by atoms with van der Waals surface area (Å²) in [5, 5.41) is 28.3. The molecule has 0 aliphatic carbocycles. The van der Waals surface area contributed by atoms with Crippen LogP contribution in [-0.4, -0.2) is 35.8 Å². The fraction of sp³-hybridized carbons (Fsp3) is 0.143. The number of para-hydroxylation sites is 1. The SMILES string of the molecule is CC.CC.CC.[Y].[Y].[c-]1ccc2[nH]ncc2c1.[c-]1ccc2[nH]nnc2c1.[c-]1cccc2ccccc12.[c-]1ccccc1.c1ccc2[nH]ncc2c1. The van der Waals surface area contributed by atoms with Gasteiger partial charge in [0.2, 0.25) is 0 Å². The van der Waals surface area contributed by atoms with Crippen molar-refractivity contribution >= 4 is 43.6 Å². The van der Waals surface area contributed by atoms with E-state index in [1.807, 2.05) is 157 Å². The van der Waals surface area contributed by atoms with E-state index in [4.69, 9.17) is 0 Å². The summed E-state index contributed by atoms with van der Waals surface area (Å²) in [5.74, 6) is 0. The van der Waals surface area contributed by atoms with E-state index in [2.05, 4.69) is 78.3 Å². The number of H-pyrrole nitrogens is 3. The van der Waals surface area contributed by atoms with Gasteiger partial charge in [-0.15, -0.1) is 65.4 Å². The maximum atomic E-state index is 3.88. The third-order valence-corrected chi connectivity index (χ3v) is 5.98. The summed E-state index contributed by atoms with van der Waals surface area (Å²) >= 11 is 0. The molecule has 0 amide bonds. The normalized spacial score (nSPS) is 8.67. The molecule has 6 aromatic carbocycles. The minimum atomic E-state index is 0. The third-order valence-electron chi connectivity index (χ3n) is 5.98. The number of nitrogens with zero attached hydrogens (tertiary/aromatic N) is 4. The number of hydrogen-bond donors (Lipinski definition) is 3. The zero-order valence-corrected chi connectivity index (χ0v) is 36.0. The molecule has 0 spiro atoms. The van der Waals surface area contributed by atoms with Crippen LogP contribution in [0.15, 0.2) is 146 Å². The van der Waals surface area contributed by atoms with Crippen LogP contribution in [-0.2, 0) is 65.4 Å². The minimum Gasteiger partial charge on any atom is -0.303 e. The van der Waals surface area contributed by atoms with E-state index >= 15 is 0 Å². The Bertz CT molecular complexity index is 1730. The van der Waals surface area contributed by atoms with Crippen molar-refractivity contribution in [3.8, 4) is 0 Å². The van der Waals surface area contributed by atoms with Crippen LogP contribution in [0.2, 0.25) is 0 Å². The summed E-state index contributed by atoms with van der Waals surface area (Å²) in [6.07, 6.45) is 3.60. The molecule has 3 aromatic heterocycles. The second-order valence-corrected chi connectivity index (χ2v) is 8.93. The molecular formula is C42H45N7Y2-4. The first-order valence-electron chi connectivity index (χ1n) is 16.5. The molecule has 9 aromatic rings. The first kappa shape index (κ1) is 47.1. The first-order chi connectivity index (χ1) is 24.4. The van der Waals surface area contributed by atoms with Crippen molar-refractivity contribution in [2.75, 3.05) is 0 Å². The van der Waals surface area contributed by atoms with Gasteiger partial charge in [-0.3, -0.25) is 10.2 Å². The molecule has 3 N–H and O–H groups in total. The molecule has 9 heteroatoms. The van der Waals surface area contributed by atoms with E-state index in [1.54, 1.807) is 12.3 Å². The molecule has 51 heavy (non-hydrogen) atoms. The molecular weight excluding hydrogens is 780 g/mol. The van der Waals surface area contributed by atoms with Gasteiger partial charge in [-0.2, -0.15) is 82.0 Å². The Balaban J connectivity index is 0.000000589. The minimum absolute atomic E-state index is 0. The third kappa shape index (κ3) is 17.8. The Morgan fingerprint density at radius 2 is 1.02 bits per heavy atom. The zero-order valence-electron chi connectivity index (χ0n) is 30.3. The van der Waals surface area contributed by atoms with E-state index in [0.717, 1.165) is 32.8 Å². The number of nitrogens with one attached hydrogen (secondary N) is 3. The number of fused-ring (bicyclic) bond motifs is 4. The van der Waals surface area contributed by atoms with Crippen molar-refractivity contribution in [1.29, 1.82) is 0 Å². The Morgan fingerprint density at radius 3 is 1.61 bits per heavy atom. The van der Waals surface area contributed by atoms with Crippen molar-refractivity contribution in [2.45, 2.75) is 41.5 Å². The molecule has 7 nitrogen and oxygen atoms in total. The van der Waals surface area contributed by atoms with Gasteiger partial charge in [0.1, 0.15) is 0 Å². The molecule has 2 radical (unpaired) electrons. The number of hydrogen-bond acceptors (Lipinski definition) is 4. The molecule has 3 heterocycles. The van der Waals surface area contributed by atoms with Crippen molar-refractivity contribution < 1.29 is 65.4 Å². The molecule has 0 bridgehead atoms. The van der Waals surface area contributed by atoms with Crippen LogP contribution < -0.4 is 0 Å². The van der Waals surface area contributed by atoms with Crippen LogP contribution >= 0.6 is 0 Å². The molecule has 0 saturated carbocycles. The van der Waals surface area contributed by atoms with E-state index in [1.165, 1.54) is 10.8 Å². The molecule has 258 valence electrons. The summed E-state index contributed by atoms with van der Waals surface area (Å²) in [7, 11) is 0. The molecule has 0 aliphatic heterocycles. The van der Waals surface area contributed by atoms with E-state index < -0.39 is 0 Å². The smallest absolute Gasteiger partial charge is 0.0650 e. The van der Waals surface area contributed by atoms with Crippen LogP contribution in [0.1, 0.15) is 41.5 Å². The Kier molecular flexibility index (Phi) is 28.6. The molecule has 0 aliphatic rings. The van der Waals surface area contributed by atoms with Crippen molar-refractivity contribution in [2.24, 2.45) is 0 Å². The summed E-state index contributed by atoms with van der Waals surface area (Å²) in [6.45, 7) is 12.0.